The van der Waals surface area contributed by atoms with Gasteiger partial charge in [-0.15, -0.1) is 0 Å². The molecule has 1 aromatic carbocycles. The molecule has 1 aromatic rings. The third-order valence-electron chi connectivity index (χ3n) is 4.82. The standard InChI is InChI=1S/C16H21BrO2/c1-2-11-5-7-16(8-6-11)10-14(18)13-4-3-12(17)9-15(13)19-16/h3-4,9,11,14,18H,2,5-8,10H2,1H3. The van der Waals surface area contributed by atoms with E-state index in [1.165, 1.54) is 19.3 Å². The summed E-state index contributed by atoms with van der Waals surface area (Å²) in [4.78, 5) is 0. The number of halogens is 1. The first-order valence-electron chi connectivity index (χ1n) is 7.28. The van der Waals surface area contributed by atoms with Crippen molar-refractivity contribution in [1.82, 2.24) is 0 Å². The van der Waals surface area contributed by atoms with Gasteiger partial charge < -0.3 is 9.84 Å². The molecule has 1 spiro atoms. The summed E-state index contributed by atoms with van der Waals surface area (Å²) in [7, 11) is 0. The molecular formula is C16H21BrO2. The van der Waals surface area contributed by atoms with Gasteiger partial charge in [0, 0.05) is 16.5 Å². The average molecular weight is 325 g/mol. The maximum absolute atomic E-state index is 10.4. The molecule has 1 saturated carbocycles. The highest BCUT2D eigenvalue weighted by molar-refractivity contribution is 9.10. The Kier molecular flexibility index (Phi) is 3.61. The Balaban J connectivity index is 1.84. The van der Waals surface area contributed by atoms with Crippen molar-refractivity contribution in [2.75, 3.05) is 0 Å². The van der Waals surface area contributed by atoms with Crippen LogP contribution in [0.2, 0.25) is 0 Å². The quantitative estimate of drug-likeness (QED) is 0.817. The Labute approximate surface area is 123 Å². The fraction of sp³-hybridized carbons (Fsp3) is 0.625. The summed E-state index contributed by atoms with van der Waals surface area (Å²) in [6.45, 7) is 2.27. The number of benzene rings is 1. The van der Waals surface area contributed by atoms with Crippen molar-refractivity contribution in [2.24, 2.45) is 5.92 Å². The van der Waals surface area contributed by atoms with E-state index in [-0.39, 0.29) is 11.7 Å². The Morgan fingerprint density at radius 3 is 2.79 bits per heavy atom. The molecule has 0 saturated heterocycles. The van der Waals surface area contributed by atoms with Crippen molar-refractivity contribution < 1.29 is 9.84 Å². The molecule has 3 rings (SSSR count). The second-order valence-corrected chi connectivity index (χ2v) is 6.95. The first-order valence-corrected chi connectivity index (χ1v) is 8.08. The second kappa shape index (κ2) is 5.10. The van der Waals surface area contributed by atoms with Crippen LogP contribution in [-0.4, -0.2) is 10.7 Å². The van der Waals surface area contributed by atoms with Gasteiger partial charge in [-0.1, -0.05) is 35.3 Å². The third-order valence-corrected chi connectivity index (χ3v) is 5.31. The van der Waals surface area contributed by atoms with Crippen LogP contribution >= 0.6 is 15.9 Å². The number of aliphatic hydroxyl groups excluding tert-OH is 1. The van der Waals surface area contributed by atoms with Crippen LogP contribution in [0.1, 0.15) is 57.1 Å². The van der Waals surface area contributed by atoms with Gasteiger partial charge >= 0.3 is 0 Å². The molecule has 1 aliphatic heterocycles. The minimum Gasteiger partial charge on any atom is -0.487 e. The molecule has 3 heteroatoms. The number of hydrogen-bond donors (Lipinski definition) is 1. The molecule has 0 amide bonds. The molecular weight excluding hydrogens is 304 g/mol. The predicted octanol–water partition coefficient (Wildman–Crippen LogP) is 4.60. The van der Waals surface area contributed by atoms with Gasteiger partial charge in [-0.05, 0) is 43.7 Å². The average Bonchev–Trinajstić information content (AvgIpc) is 2.39. The van der Waals surface area contributed by atoms with Crippen LogP contribution in [-0.2, 0) is 0 Å². The zero-order valence-corrected chi connectivity index (χ0v) is 12.9. The van der Waals surface area contributed by atoms with Gasteiger partial charge in [-0.3, -0.25) is 0 Å². The SMILES string of the molecule is CCC1CCC2(CC1)CC(O)c1ccc(Br)cc1O2. The molecule has 19 heavy (non-hydrogen) atoms. The highest BCUT2D eigenvalue weighted by Gasteiger charge is 2.42. The number of ether oxygens (including phenoxy) is 1. The first-order chi connectivity index (χ1) is 9.12. The summed E-state index contributed by atoms with van der Waals surface area (Å²) >= 11 is 3.48. The van der Waals surface area contributed by atoms with Crippen molar-refractivity contribution in [2.45, 2.75) is 57.2 Å². The minimum absolute atomic E-state index is 0.126. The van der Waals surface area contributed by atoms with Crippen LogP contribution in [0.25, 0.3) is 0 Å². The molecule has 1 unspecified atom stereocenters. The van der Waals surface area contributed by atoms with Crippen molar-refractivity contribution in [3.05, 3.63) is 28.2 Å². The van der Waals surface area contributed by atoms with E-state index < -0.39 is 0 Å². The lowest BCUT2D eigenvalue weighted by Crippen LogP contribution is -2.44. The maximum atomic E-state index is 10.4. The Morgan fingerprint density at radius 2 is 2.11 bits per heavy atom. The molecule has 0 radical (unpaired) electrons. The smallest absolute Gasteiger partial charge is 0.127 e. The van der Waals surface area contributed by atoms with Gasteiger partial charge in [0.15, 0.2) is 0 Å². The predicted molar refractivity (Wildman–Crippen MR) is 79.3 cm³/mol. The van der Waals surface area contributed by atoms with E-state index in [0.29, 0.717) is 0 Å². The normalized spacial score (nSPS) is 33.8. The van der Waals surface area contributed by atoms with Crippen LogP contribution in [0.3, 0.4) is 0 Å². The fourth-order valence-corrected chi connectivity index (χ4v) is 3.87. The van der Waals surface area contributed by atoms with Crippen LogP contribution in [0.4, 0.5) is 0 Å². The van der Waals surface area contributed by atoms with Gasteiger partial charge in [-0.2, -0.15) is 0 Å². The van der Waals surface area contributed by atoms with Crippen molar-refractivity contribution >= 4 is 15.9 Å². The van der Waals surface area contributed by atoms with E-state index in [2.05, 4.69) is 22.9 Å². The lowest BCUT2D eigenvalue weighted by Gasteiger charge is -2.45. The molecule has 0 aromatic heterocycles. The molecule has 2 nitrogen and oxygen atoms in total. The second-order valence-electron chi connectivity index (χ2n) is 6.04. The molecule has 104 valence electrons. The van der Waals surface area contributed by atoms with E-state index in [0.717, 1.165) is 41.0 Å². The monoisotopic (exact) mass is 324 g/mol. The number of hydrogen-bond acceptors (Lipinski definition) is 2. The van der Waals surface area contributed by atoms with Gasteiger partial charge in [0.05, 0.1) is 6.10 Å². The topological polar surface area (TPSA) is 29.5 Å². The van der Waals surface area contributed by atoms with Crippen LogP contribution in [0.15, 0.2) is 22.7 Å². The summed E-state index contributed by atoms with van der Waals surface area (Å²) in [5.41, 5.74) is 0.810. The van der Waals surface area contributed by atoms with Crippen LogP contribution in [0, 0.1) is 5.92 Å². The van der Waals surface area contributed by atoms with E-state index >= 15 is 0 Å². The van der Waals surface area contributed by atoms with Gasteiger partial charge in [0.1, 0.15) is 11.4 Å². The summed E-state index contributed by atoms with van der Waals surface area (Å²) in [5, 5.41) is 10.4. The Bertz CT molecular complexity index is 464. The van der Waals surface area contributed by atoms with E-state index in [1.807, 2.05) is 18.2 Å². The van der Waals surface area contributed by atoms with Crippen molar-refractivity contribution in [3.8, 4) is 5.75 Å². The molecule has 1 heterocycles. The third kappa shape index (κ3) is 2.55. The zero-order chi connectivity index (χ0) is 13.5. The summed E-state index contributed by atoms with van der Waals surface area (Å²) in [6, 6.07) is 5.93. The number of aliphatic hydroxyl groups is 1. The highest BCUT2D eigenvalue weighted by atomic mass is 79.9. The van der Waals surface area contributed by atoms with E-state index in [4.69, 9.17) is 4.74 Å². The maximum Gasteiger partial charge on any atom is 0.127 e. The molecule has 1 atom stereocenters. The fourth-order valence-electron chi connectivity index (χ4n) is 3.53. The van der Waals surface area contributed by atoms with Gasteiger partial charge in [0.25, 0.3) is 0 Å². The Hall–Kier alpha value is -0.540. The first kappa shape index (κ1) is 13.4. The number of rotatable bonds is 1. The largest absolute Gasteiger partial charge is 0.487 e. The van der Waals surface area contributed by atoms with E-state index in [1.54, 1.807) is 0 Å². The zero-order valence-electron chi connectivity index (χ0n) is 11.4. The van der Waals surface area contributed by atoms with Crippen LogP contribution in [0.5, 0.6) is 5.75 Å². The Morgan fingerprint density at radius 1 is 1.37 bits per heavy atom. The molecule has 1 N–H and O–H groups in total. The highest BCUT2D eigenvalue weighted by Crippen LogP contribution is 2.48. The van der Waals surface area contributed by atoms with Crippen LogP contribution < -0.4 is 4.74 Å². The van der Waals surface area contributed by atoms with Crippen molar-refractivity contribution in [1.29, 1.82) is 0 Å². The van der Waals surface area contributed by atoms with E-state index in [9.17, 15) is 5.11 Å². The molecule has 2 aliphatic rings. The van der Waals surface area contributed by atoms with Crippen molar-refractivity contribution in [3.63, 3.8) is 0 Å². The lowest BCUT2D eigenvalue weighted by molar-refractivity contribution is -0.0470. The van der Waals surface area contributed by atoms with Gasteiger partial charge in [-0.25, -0.2) is 0 Å². The summed E-state index contributed by atoms with van der Waals surface area (Å²) in [6.07, 6.45) is 6.25. The van der Waals surface area contributed by atoms with Gasteiger partial charge in [0.2, 0.25) is 0 Å². The number of fused-ring (bicyclic) bond motifs is 1. The summed E-state index contributed by atoms with van der Waals surface area (Å²) in [5.74, 6) is 1.71. The molecule has 1 fully saturated rings. The lowest BCUT2D eigenvalue weighted by atomic mass is 9.73. The molecule has 0 bridgehead atoms. The summed E-state index contributed by atoms with van der Waals surface area (Å²) < 4.78 is 7.33. The minimum atomic E-state index is -0.380. The molecule has 1 aliphatic carbocycles.